The highest BCUT2D eigenvalue weighted by Gasteiger charge is 2.04. The van der Waals surface area contributed by atoms with Crippen molar-refractivity contribution in [1.82, 2.24) is 20.8 Å². The lowest BCUT2D eigenvalue weighted by atomic mass is 10.1. The molecular formula is C16H21N5O3. The molecule has 3 N–H and O–H groups in total. The van der Waals surface area contributed by atoms with Crippen LogP contribution < -0.4 is 16.0 Å². The summed E-state index contributed by atoms with van der Waals surface area (Å²) in [6.45, 7) is 4.16. The summed E-state index contributed by atoms with van der Waals surface area (Å²) in [4.78, 5) is 26.7. The molecule has 0 fully saturated rings. The van der Waals surface area contributed by atoms with Crippen molar-refractivity contribution >= 4 is 17.6 Å². The number of benzene rings is 1. The summed E-state index contributed by atoms with van der Waals surface area (Å²) in [5.41, 5.74) is 1.83. The predicted octanol–water partition coefficient (Wildman–Crippen LogP) is 1.42. The lowest BCUT2D eigenvalue weighted by molar-refractivity contribution is -0.114. The highest BCUT2D eigenvalue weighted by Crippen LogP contribution is 2.09. The lowest BCUT2D eigenvalue weighted by Crippen LogP contribution is -2.37. The Labute approximate surface area is 140 Å². The fourth-order valence-corrected chi connectivity index (χ4v) is 2.07. The van der Waals surface area contributed by atoms with E-state index < -0.39 is 0 Å². The summed E-state index contributed by atoms with van der Waals surface area (Å²) >= 11 is 0. The molecule has 0 saturated carbocycles. The van der Waals surface area contributed by atoms with Crippen molar-refractivity contribution in [2.24, 2.45) is 0 Å². The minimum atomic E-state index is -0.235. The summed E-state index contributed by atoms with van der Waals surface area (Å²) in [6, 6.07) is 7.28. The van der Waals surface area contributed by atoms with Crippen LogP contribution >= 0.6 is 0 Å². The molecule has 3 amide bonds. The Bertz CT molecular complexity index is 681. The molecule has 0 saturated heterocycles. The maximum atomic E-state index is 11.7. The number of aryl methyl sites for hydroxylation is 1. The molecule has 8 nitrogen and oxygen atoms in total. The summed E-state index contributed by atoms with van der Waals surface area (Å²) < 4.78 is 4.96. The number of carbonyl (C=O) groups is 2. The van der Waals surface area contributed by atoms with Gasteiger partial charge in [-0.15, -0.1) is 0 Å². The van der Waals surface area contributed by atoms with E-state index in [0.717, 1.165) is 11.3 Å². The van der Waals surface area contributed by atoms with Gasteiger partial charge in [0.2, 0.25) is 11.8 Å². The van der Waals surface area contributed by atoms with E-state index >= 15 is 0 Å². The molecule has 2 aromatic rings. The van der Waals surface area contributed by atoms with Gasteiger partial charge < -0.3 is 20.5 Å². The van der Waals surface area contributed by atoms with Gasteiger partial charge in [0.15, 0.2) is 5.82 Å². The molecule has 2 rings (SSSR count). The first-order valence-electron chi connectivity index (χ1n) is 7.70. The maximum Gasteiger partial charge on any atom is 0.314 e. The average molecular weight is 331 g/mol. The van der Waals surface area contributed by atoms with Gasteiger partial charge in [0, 0.05) is 32.1 Å². The van der Waals surface area contributed by atoms with Crippen LogP contribution in [-0.4, -0.2) is 35.2 Å². The van der Waals surface area contributed by atoms with Gasteiger partial charge >= 0.3 is 6.03 Å². The van der Waals surface area contributed by atoms with Crippen molar-refractivity contribution in [1.29, 1.82) is 0 Å². The lowest BCUT2D eigenvalue weighted by Gasteiger charge is -2.07. The van der Waals surface area contributed by atoms with Crippen molar-refractivity contribution in [2.45, 2.75) is 26.7 Å². The summed E-state index contributed by atoms with van der Waals surface area (Å²) in [6.07, 6.45) is 1.20. The minimum Gasteiger partial charge on any atom is -0.339 e. The van der Waals surface area contributed by atoms with Gasteiger partial charge in [0.05, 0.1) is 0 Å². The van der Waals surface area contributed by atoms with Crippen molar-refractivity contribution in [3.63, 3.8) is 0 Å². The molecule has 24 heavy (non-hydrogen) atoms. The van der Waals surface area contributed by atoms with Gasteiger partial charge in [-0.1, -0.05) is 17.3 Å². The number of aromatic nitrogens is 2. The first-order valence-corrected chi connectivity index (χ1v) is 7.70. The number of nitrogens with zero attached hydrogens (tertiary/aromatic N) is 2. The van der Waals surface area contributed by atoms with Crippen molar-refractivity contribution < 1.29 is 14.1 Å². The monoisotopic (exact) mass is 331 g/mol. The Kier molecular flexibility index (Phi) is 6.30. The Morgan fingerprint density at radius 2 is 1.75 bits per heavy atom. The molecule has 128 valence electrons. The molecule has 0 bridgehead atoms. The van der Waals surface area contributed by atoms with Crippen LogP contribution in [0.5, 0.6) is 0 Å². The maximum absolute atomic E-state index is 11.7. The number of hydrogen-bond acceptors (Lipinski definition) is 5. The topological polar surface area (TPSA) is 109 Å². The van der Waals surface area contributed by atoms with Crippen LogP contribution in [0.25, 0.3) is 0 Å². The molecule has 8 heteroatoms. The van der Waals surface area contributed by atoms with Crippen LogP contribution in [0.4, 0.5) is 10.5 Å². The molecular weight excluding hydrogens is 310 g/mol. The van der Waals surface area contributed by atoms with Crippen molar-refractivity contribution in [2.75, 3.05) is 18.4 Å². The van der Waals surface area contributed by atoms with E-state index in [1.807, 2.05) is 24.3 Å². The molecule has 0 aliphatic rings. The molecule has 0 unspecified atom stereocenters. The van der Waals surface area contributed by atoms with E-state index in [0.29, 0.717) is 37.6 Å². The zero-order valence-corrected chi connectivity index (χ0v) is 13.8. The summed E-state index contributed by atoms with van der Waals surface area (Å²) in [7, 11) is 0. The Morgan fingerprint density at radius 1 is 1.08 bits per heavy atom. The third kappa shape index (κ3) is 6.07. The summed E-state index contributed by atoms with van der Waals surface area (Å²) in [5.74, 6) is 0.989. The molecule has 1 heterocycles. The smallest absolute Gasteiger partial charge is 0.314 e. The molecule has 0 spiro atoms. The number of carbonyl (C=O) groups excluding carboxylic acids is 2. The van der Waals surface area contributed by atoms with Crippen LogP contribution in [0.1, 0.15) is 24.2 Å². The predicted molar refractivity (Wildman–Crippen MR) is 88.6 cm³/mol. The second-order valence-corrected chi connectivity index (χ2v) is 5.30. The van der Waals surface area contributed by atoms with E-state index in [2.05, 4.69) is 26.1 Å². The number of rotatable bonds is 7. The second-order valence-electron chi connectivity index (χ2n) is 5.30. The van der Waals surface area contributed by atoms with Crippen molar-refractivity contribution in [3.05, 3.63) is 41.5 Å². The average Bonchev–Trinajstić information content (AvgIpc) is 2.94. The summed E-state index contributed by atoms with van der Waals surface area (Å²) in [5, 5.41) is 11.9. The first kappa shape index (κ1) is 17.5. The highest BCUT2D eigenvalue weighted by molar-refractivity contribution is 5.88. The number of nitrogens with one attached hydrogen (secondary N) is 3. The van der Waals surface area contributed by atoms with E-state index in [1.165, 1.54) is 6.92 Å². The number of urea groups is 1. The van der Waals surface area contributed by atoms with Crippen LogP contribution in [0.2, 0.25) is 0 Å². The standard InChI is InChI=1S/C16H21N5O3/c1-11-19-15(24-21-11)8-10-18-16(23)17-9-7-13-3-5-14(6-4-13)20-12(2)22/h3-6H,7-10H2,1-2H3,(H,20,22)(H2,17,18,23). The molecule has 0 aliphatic carbocycles. The first-order chi connectivity index (χ1) is 11.5. The normalized spacial score (nSPS) is 10.2. The zero-order valence-electron chi connectivity index (χ0n) is 13.8. The molecule has 0 atom stereocenters. The quantitative estimate of drug-likeness (QED) is 0.711. The largest absolute Gasteiger partial charge is 0.339 e. The third-order valence-electron chi connectivity index (χ3n) is 3.17. The van der Waals surface area contributed by atoms with E-state index in [-0.39, 0.29) is 11.9 Å². The van der Waals surface area contributed by atoms with Gasteiger partial charge in [0.1, 0.15) is 0 Å². The van der Waals surface area contributed by atoms with Gasteiger partial charge in [-0.2, -0.15) is 4.98 Å². The molecule has 1 aromatic heterocycles. The number of hydrogen-bond donors (Lipinski definition) is 3. The van der Waals surface area contributed by atoms with Crippen LogP contribution in [0.3, 0.4) is 0 Å². The van der Waals surface area contributed by atoms with E-state index in [9.17, 15) is 9.59 Å². The Balaban J connectivity index is 1.62. The van der Waals surface area contributed by atoms with Crippen LogP contribution in [-0.2, 0) is 17.6 Å². The molecule has 0 aliphatic heterocycles. The van der Waals surface area contributed by atoms with E-state index in [4.69, 9.17) is 4.52 Å². The number of amides is 3. The van der Waals surface area contributed by atoms with Crippen LogP contribution in [0, 0.1) is 6.92 Å². The second kappa shape index (κ2) is 8.66. The SMILES string of the molecule is CC(=O)Nc1ccc(CCNC(=O)NCCc2nc(C)no2)cc1. The highest BCUT2D eigenvalue weighted by atomic mass is 16.5. The van der Waals surface area contributed by atoms with Gasteiger partial charge in [-0.05, 0) is 31.0 Å². The van der Waals surface area contributed by atoms with Crippen molar-refractivity contribution in [3.8, 4) is 0 Å². The molecule has 1 aromatic carbocycles. The molecule has 0 radical (unpaired) electrons. The fourth-order valence-electron chi connectivity index (χ4n) is 2.07. The fraction of sp³-hybridized carbons (Fsp3) is 0.375. The van der Waals surface area contributed by atoms with E-state index in [1.54, 1.807) is 6.92 Å². The van der Waals surface area contributed by atoms with Gasteiger partial charge in [-0.3, -0.25) is 4.79 Å². The van der Waals surface area contributed by atoms with Gasteiger partial charge in [0.25, 0.3) is 0 Å². The Hall–Kier alpha value is -2.90. The number of anilines is 1. The zero-order chi connectivity index (χ0) is 17.4. The third-order valence-corrected chi connectivity index (χ3v) is 3.17. The minimum absolute atomic E-state index is 0.100. The Morgan fingerprint density at radius 3 is 2.33 bits per heavy atom. The van der Waals surface area contributed by atoms with Gasteiger partial charge in [-0.25, -0.2) is 4.79 Å². The van der Waals surface area contributed by atoms with Crippen LogP contribution in [0.15, 0.2) is 28.8 Å².